The summed E-state index contributed by atoms with van der Waals surface area (Å²) in [5.74, 6) is 0. The van der Waals surface area contributed by atoms with Crippen molar-refractivity contribution in [3.63, 3.8) is 0 Å². The minimum absolute atomic E-state index is 0.237. The Bertz CT molecular complexity index is 1060. The van der Waals surface area contributed by atoms with Crippen LogP contribution in [0, 0.1) is 27.7 Å². The molecule has 0 aliphatic heterocycles. The second-order valence-electron chi connectivity index (χ2n) is 11.8. The Morgan fingerprint density at radius 2 is 1.12 bits per heavy atom. The second-order valence-corrected chi connectivity index (χ2v) is 13.9. The Labute approximate surface area is 259 Å². The van der Waals surface area contributed by atoms with Crippen molar-refractivity contribution in [3.05, 3.63) is 58.7 Å². The van der Waals surface area contributed by atoms with Crippen molar-refractivity contribution in [3.8, 4) is 0 Å². The highest BCUT2D eigenvalue weighted by atomic mass is 32.2. The smallest absolute Gasteiger partial charge is 0.247 e. The molecule has 2 rings (SSSR count). The molecule has 0 unspecified atom stereocenters. The second kappa shape index (κ2) is 18.8. The number of hydrogen-bond donors (Lipinski definition) is 0. The zero-order valence-electron chi connectivity index (χ0n) is 26.9. The van der Waals surface area contributed by atoms with Gasteiger partial charge < -0.3 is 4.48 Å². The summed E-state index contributed by atoms with van der Waals surface area (Å²) < 4.78 is 0.912. The van der Waals surface area contributed by atoms with E-state index < -0.39 is 0 Å². The summed E-state index contributed by atoms with van der Waals surface area (Å²) in [5.41, 5.74) is 4.73. The van der Waals surface area contributed by atoms with E-state index in [2.05, 4.69) is 89.8 Å². The van der Waals surface area contributed by atoms with Crippen LogP contribution in [0.2, 0.25) is 0 Å². The highest BCUT2D eigenvalue weighted by molar-refractivity contribution is 8.14. The fourth-order valence-corrected chi connectivity index (χ4v) is 7.87. The molecule has 0 aliphatic carbocycles. The maximum Gasteiger partial charge on any atom is 0.247 e. The molecule has 0 bridgehead atoms. The summed E-state index contributed by atoms with van der Waals surface area (Å²) in [6, 6.07) is 12.5. The van der Waals surface area contributed by atoms with Crippen LogP contribution in [0.15, 0.2) is 46.2 Å². The number of benzene rings is 2. The molecule has 41 heavy (non-hydrogen) atoms. The summed E-state index contributed by atoms with van der Waals surface area (Å²) in [4.78, 5) is 30.8. The summed E-state index contributed by atoms with van der Waals surface area (Å²) in [5, 5.41) is 0.531. The normalized spacial score (nSPS) is 11.8. The van der Waals surface area contributed by atoms with Gasteiger partial charge in [0.05, 0.1) is 26.2 Å². The first-order valence-electron chi connectivity index (χ1n) is 15.8. The Kier molecular flexibility index (Phi) is 16.4. The zero-order chi connectivity index (χ0) is 30.3. The van der Waals surface area contributed by atoms with Crippen molar-refractivity contribution in [2.75, 3.05) is 45.8 Å². The topological polar surface area (TPSA) is 37.4 Å². The van der Waals surface area contributed by atoms with E-state index in [1.165, 1.54) is 58.6 Å². The van der Waals surface area contributed by atoms with Gasteiger partial charge in [0, 0.05) is 9.79 Å². The fourth-order valence-electron chi connectivity index (χ4n) is 5.91. The van der Waals surface area contributed by atoms with Crippen molar-refractivity contribution >= 4 is 33.8 Å². The number of unbranched alkanes of at least 4 members (excludes halogenated alkanes) is 3. The van der Waals surface area contributed by atoms with Crippen LogP contribution in [0.3, 0.4) is 0 Å². The van der Waals surface area contributed by atoms with Crippen LogP contribution in [-0.4, -0.2) is 65.4 Å². The average Bonchev–Trinajstić information content (AvgIpc) is 2.91. The molecule has 0 saturated carbocycles. The monoisotopic (exact) mass is 599 g/mol. The summed E-state index contributed by atoms with van der Waals surface area (Å²) in [6.45, 7) is 21.3. The van der Waals surface area contributed by atoms with Crippen LogP contribution in [0.5, 0.6) is 0 Å². The van der Waals surface area contributed by atoms with E-state index in [4.69, 9.17) is 0 Å². The van der Waals surface area contributed by atoms with Gasteiger partial charge in [0.25, 0.3) is 0 Å². The van der Waals surface area contributed by atoms with E-state index in [9.17, 15) is 9.59 Å². The molecule has 0 aliphatic rings. The third-order valence-electron chi connectivity index (χ3n) is 7.86. The van der Waals surface area contributed by atoms with Crippen LogP contribution in [0.4, 0.5) is 0 Å². The standard InChI is InChI=1S/C35H55N2O2S2/c1-8-21-36(26-32(38)40-34-28(4)17-15-18-29(34)5)22-13-11-12-14-25-37(23-9-2,24-10-3)27-33(39)41-35-30(6)19-16-20-31(35)7/h15-20H,8-14,21-27H2,1-7H3/q+1. The van der Waals surface area contributed by atoms with Gasteiger partial charge in [0.15, 0.2) is 0 Å². The Hall–Kier alpha value is -1.60. The number of carbonyl (C=O) groups excluding carboxylic acids is 2. The number of thioether (sulfide) groups is 2. The van der Waals surface area contributed by atoms with Gasteiger partial charge in [0.1, 0.15) is 6.54 Å². The van der Waals surface area contributed by atoms with Crippen LogP contribution in [-0.2, 0) is 9.59 Å². The minimum atomic E-state index is 0.237. The Balaban J connectivity index is 1.85. The van der Waals surface area contributed by atoms with E-state index in [0.29, 0.717) is 18.2 Å². The van der Waals surface area contributed by atoms with Gasteiger partial charge in [-0.15, -0.1) is 0 Å². The highest BCUT2D eigenvalue weighted by Gasteiger charge is 2.29. The lowest BCUT2D eigenvalue weighted by molar-refractivity contribution is -0.920. The van der Waals surface area contributed by atoms with Gasteiger partial charge >= 0.3 is 0 Å². The van der Waals surface area contributed by atoms with Gasteiger partial charge in [-0.05, 0) is 113 Å². The van der Waals surface area contributed by atoms with Gasteiger partial charge in [0.2, 0.25) is 10.2 Å². The van der Waals surface area contributed by atoms with Crippen LogP contribution >= 0.6 is 23.5 Å². The van der Waals surface area contributed by atoms with Crippen LogP contribution < -0.4 is 0 Å². The molecule has 4 nitrogen and oxygen atoms in total. The molecular formula is C35H55N2O2S2+. The highest BCUT2D eigenvalue weighted by Crippen LogP contribution is 2.29. The van der Waals surface area contributed by atoms with Crippen molar-refractivity contribution < 1.29 is 14.1 Å². The quantitative estimate of drug-likeness (QED) is 0.0917. The van der Waals surface area contributed by atoms with Crippen LogP contribution in [0.25, 0.3) is 0 Å². The van der Waals surface area contributed by atoms with E-state index in [1.54, 1.807) is 0 Å². The largest absolute Gasteiger partial charge is 0.317 e. The van der Waals surface area contributed by atoms with E-state index >= 15 is 0 Å². The van der Waals surface area contributed by atoms with Crippen molar-refractivity contribution in [2.24, 2.45) is 0 Å². The average molecular weight is 600 g/mol. The van der Waals surface area contributed by atoms with Gasteiger partial charge in [-0.1, -0.05) is 75.4 Å². The van der Waals surface area contributed by atoms with Crippen molar-refractivity contribution in [1.82, 2.24) is 4.90 Å². The van der Waals surface area contributed by atoms with Gasteiger partial charge in [-0.25, -0.2) is 0 Å². The molecule has 0 saturated heterocycles. The Morgan fingerprint density at radius 3 is 1.61 bits per heavy atom. The SMILES string of the molecule is CCCN(CCCCCC[N+](CCC)(CCC)CC(=O)Sc1c(C)cccc1C)CC(=O)Sc1c(C)cccc1C. The summed E-state index contributed by atoms with van der Waals surface area (Å²) >= 11 is 2.85. The number of hydrogen-bond acceptors (Lipinski definition) is 5. The zero-order valence-corrected chi connectivity index (χ0v) is 28.5. The molecule has 0 fully saturated rings. The molecule has 2 aromatic rings. The molecule has 0 aromatic heterocycles. The van der Waals surface area contributed by atoms with E-state index in [1.807, 2.05) is 0 Å². The molecule has 0 N–H and O–H groups in total. The van der Waals surface area contributed by atoms with Gasteiger partial charge in [-0.3, -0.25) is 14.5 Å². The number of carbonyl (C=O) groups is 2. The van der Waals surface area contributed by atoms with E-state index in [0.717, 1.165) is 79.1 Å². The molecule has 0 radical (unpaired) electrons. The van der Waals surface area contributed by atoms with Crippen molar-refractivity contribution in [2.45, 2.75) is 103 Å². The lowest BCUT2D eigenvalue weighted by atomic mass is 10.1. The predicted octanol–water partition coefficient (Wildman–Crippen LogP) is 8.77. The maximum atomic E-state index is 13.3. The third kappa shape index (κ3) is 12.3. The lowest BCUT2D eigenvalue weighted by Gasteiger charge is -2.38. The molecule has 2 aromatic carbocycles. The lowest BCUT2D eigenvalue weighted by Crippen LogP contribution is -2.52. The number of nitrogens with zero attached hydrogens (tertiary/aromatic N) is 2. The number of aryl methyl sites for hydroxylation is 4. The number of quaternary nitrogens is 1. The molecule has 228 valence electrons. The minimum Gasteiger partial charge on any atom is -0.317 e. The first-order valence-corrected chi connectivity index (χ1v) is 17.4. The first-order chi connectivity index (χ1) is 19.6. The van der Waals surface area contributed by atoms with E-state index in [-0.39, 0.29) is 5.12 Å². The maximum absolute atomic E-state index is 13.3. The molecule has 0 heterocycles. The predicted molar refractivity (Wildman–Crippen MR) is 179 cm³/mol. The summed E-state index contributed by atoms with van der Waals surface area (Å²) in [6.07, 6.45) is 7.87. The molecule has 6 heteroatoms. The molecular weight excluding hydrogens is 545 g/mol. The van der Waals surface area contributed by atoms with Gasteiger partial charge in [-0.2, -0.15) is 0 Å². The summed E-state index contributed by atoms with van der Waals surface area (Å²) in [7, 11) is 0. The first kappa shape index (κ1) is 35.6. The molecule has 0 atom stereocenters. The Morgan fingerprint density at radius 1 is 0.634 bits per heavy atom. The third-order valence-corrected chi connectivity index (χ3v) is 10.3. The van der Waals surface area contributed by atoms with Crippen molar-refractivity contribution in [1.29, 1.82) is 0 Å². The fraction of sp³-hybridized carbons (Fsp3) is 0.600. The molecule has 0 spiro atoms. The number of rotatable bonds is 19. The van der Waals surface area contributed by atoms with Crippen LogP contribution in [0.1, 0.15) is 88.0 Å². The molecule has 0 amide bonds.